The molecule has 1 heterocycles. The fourth-order valence-corrected chi connectivity index (χ4v) is 5.92. The molecule has 174 valence electrons. The fraction of sp³-hybridized carbons (Fsp3) is 0.0909. The van der Waals surface area contributed by atoms with Crippen molar-refractivity contribution in [2.24, 2.45) is 0 Å². The first-order valence-corrected chi connectivity index (χ1v) is 12.6. The maximum atomic E-state index is 6.30. The highest BCUT2D eigenvalue weighted by molar-refractivity contribution is 6.30. The summed E-state index contributed by atoms with van der Waals surface area (Å²) in [4.78, 5) is 2.34. The predicted octanol–water partition coefficient (Wildman–Crippen LogP) is 10.0. The molecule has 1 aliphatic carbocycles. The summed E-state index contributed by atoms with van der Waals surface area (Å²) in [6, 6.07) is 38.2. The summed E-state index contributed by atoms with van der Waals surface area (Å²) in [6.45, 7) is 4.63. The molecule has 3 heteroatoms. The van der Waals surface area contributed by atoms with Gasteiger partial charge in [-0.25, -0.2) is 0 Å². The highest BCUT2D eigenvalue weighted by Crippen LogP contribution is 2.54. The van der Waals surface area contributed by atoms with Gasteiger partial charge < -0.3 is 9.32 Å². The van der Waals surface area contributed by atoms with Gasteiger partial charge in [0.25, 0.3) is 0 Å². The van der Waals surface area contributed by atoms with Gasteiger partial charge in [0.05, 0.1) is 5.69 Å². The van der Waals surface area contributed by atoms with Gasteiger partial charge in [0, 0.05) is 38.1 Å². The normalized spacial score (nSPS) is 13.6. The lowest BCUT2D eigenvalue weighted by Crippen LogP contribution is -2.16. The van der Waals surface area contributed by atoms with E-state index in [1.807, 2.05) is 24.3 Å². The van der Waals surface area contributed by atoms with Gasteiger partial charge in [0.15, 0.2) is 0 Å². The number of nitrogens with zero attached hydrogens (tertiary/aromatic N) is 1. The van der Waals surface area contributed by atoms with Gasteiger partial charge in [0.1, 0.15) is 11.2 Å². The second kappa shape index (κ2) is 7.74. The van der Waals surface area contributed by atoms with Crippen LogP contribution in [0.5, 0.6) is 0 Å². The zero-order valence-electron chi connectivity index (χ0n) is 20.1. The number of rotatable bonds is 3. The molecular weight excluding hydrogens is 462 g/mol. The zero-order valence-corrected chi connectivity index (χ0v) is 20.9. The summed E-state index contributed by atoms with van der Waals surface area (Å²) in [5, 5.41) is 2.95. The smallest absolute Gasteiger partial charge is 0.135 e. The monoisotopic (exact) mass is 485 g/mol. The van der Waals surface area contributed by atoms with Crippen molar-refractivity contribution in [3.63, 3.8) is 0 Å². The first-order chi connectivity index (χ1) is 17.5. The van der Waals surface area contributed by atoms with Gasteiger partial charge in [-0.3, -0.25) is 0 Å². The lowest BCUT2D eigenvalue weighted by atomic mass is 9.82. The highest BCUT2D eigenvalue weighted by Gasteiger charge is 2.37. The molecule has 0 amide bonds. The molecular formula is C33H24ClNO. The number of furan rings is 1. The second-order valence-corrected chi connectivity index (χ2v) is 10.4. The summed E-state index contributed by atoms with van der Waals surface area (Å²) in [5.41, 5.74) is 10.3. The minimum Gasteiger partial charge on any atom is -0.456 e. The van der Waals surface area contributed by atoms with Crippen molar-refractivity contribution in [3.8, 4) is 11.1 Å². The number of benzene rings is 5. The van der Waals surface area contributed by atoms with Gasteiger partial charge >= 0.3 is 0 Å². The first-order valence-electron chi connectivity index (χ1n) is 12.2. The summed E-state index contributed by atoms with van der Waals surface area (Å²) < 4.78 is 6.13. The van der Waals surface area contributed by atoms with Gasteiger partial charge in [-0.2, -0.15) is 0 Å². The van der Waals surface area contributed by atoms with E-state index in [0.29, 0.717) is 0 Å². The lowest BCUT2D eigenvalue weighted by molar-refractivity contribution is 0.660. The van der Waals surface area contributed by atoms with E-state index in [0.717, 1.165) is 44.0 Å². The van der Waals surface area contributed by atoms with E-state index in [1.165, 1.54) is 22.3 Å². The number of fused-ring (bicyclic) bond motifs is 6. The second-order valence-electron chi connectivity index (χ2n) is 9.96. The van der Waals surface area contributed by atoms with Crippen LogP contribution in [-0.2, 0) is 5.41 Å². The van der Waals surface area contributed by atoms with Gasteiger partial charge in [-0.1, -0.05) is 80.0 Å². The summed E-state index contributed by atoms with van der Waals surface area (Å²) >= 11 is 6.30. The molecule has 2 nitrogen and oxygen atoms in total. The predicted molar refractivity (Wildman–Crippen MR) is 151 cm³/mol. The van der Waals surface area contributed by atoms with Crippen LogP contribution in [-0.4, -0.2) is 0 Å². The maximum absolute atomic E-state index is 6.30. The topological polar surface area (TPSA) is 16.4 Å². The summed E-state index contributed by atoms with van der Waals surface area (Å²) in [6.07, 6.45) is 0. The van der Waals surface area contributed by atoms with E-state index in [2.05, 4.69) is 104 Å². The Kier molecular flexibility index (Phi) is 4.58. The number of anilines is 3. The Balaban J connectivity index is 1.53. The van der Waals surface area contributed by atoms with Crippen molar-refractivity contribution >= 4 is 50.6 Å². The van der Waals surface area contributed by atoms with Crippen LogP contribution in [0, 0.1) is 0 Å². The van der Waals surface area contributed by atoms with Crippen LogP contribution in [0.25, 0.3) is 33.1 Å². The Morgan fingerprint density at radius 1 is 0.639 bits per heavy atom. The molecule has 6 aromatic rings. The zero-order chi connectivity index (χ0) is 24.4. The molecule has 0 fully saturated rings. The molecule has 0 atom stereocenters. The molecule has 0 saturated carbocycles. The Morgan fingerprint density at radius 2 is 1.33 bits per heavy atom. The van der Waals surface area contributed by atoms with E-state index in [4.69, 9.17) is 16.0 Å². The number of hydrogen-bond donors (Lipinski definition) is 0. The van der Waals surface area contributed by atoms with Crippen molar-refractivity contribution in [1.29, 1.82) is 0 Å². The Morgan fingerprint density at radius 3 is 2.19 bits per heavy atom. The quantitative estimate of drug-likeness (QED) is 0.248. The molecule has 0 N–H and O–H groups in total. The van der Waals surface area contributed by atoms with Crippen molar-refractivity contribution in [1.82, 2.24) is 0 Å². The molecule has 0 bridgehead atoms. The van der Waals surface area contributed by atoms with Gasteiger partial charge in [0.2, 0.25) is 0 Å². The van der Waals surface area contributed by atoms with Gasteiger partial charge in [-0.05, 0) is 71.3 Å². The lowest BCUT2D eigenvalue weighted by Gasteiger charge is -2.29. The van der Waals surface area contributed by atoms with Crippen molar-refractivity contribution in [3.05, 3.63) is 125 Å². The van der Waals surface area contributed by atoms with Crippen LogP contribution in [0.15, 0.2) is 114 Å². The van der Waals surface area contributed by atoms with Crippen molar-refractivity contribution in [2.45, 2.75) is 19.3 Å². The highest BCUT2D eigenvalue weighted by atomic mass is 35.5. The third kappa shape index (κ3) is 3.04. The van der Waals surface area contributed by atoms with Crippen molar-refractivity contribution in [2.75, 3.05) is 4.90 Å². The molecule has 0 unspecified atom stereocenters. The number of hydrogen-bond acceptors (Lipinski definition) is 2. The fourth-order valence-electron chi connectivity index (χ4n) is 5.79. The average molecular weight is 486 g/mol. The maximum Gasteiger partial charge on any atom is 0.135 e. The van der Waals surface area contributed by atoms with Crippen molar-refractivity contribution < 1.29 is 4.42 Å². The average Bonchev–Trinajstić information content (AvgIpc) is 3.38. The first kappa shape index (κ1) is 21.3. The summed E-state index contributed by atoms with van der Waals surface area (Å²) in [7, 11) is 0. The number of halogens is 1. The molecule has 0 saturated heterocycles. The minimum absolute atomic E-state index is 0.0711. The van der Waals surface area contributed by atoms with E-state index in [-0.39, 0.29) is 5.41 Å². The molecule has 1 aromatic heterocycles. The Bertz CT molecular complexity index is 1780. The van der Waals surface area contributed by atoms with Crippen LogP contribution in [0.1, 0.15) is 25.0 Å². The van der Waals surface area contributed by atoms with Crippen LogP contribution in [0.4, 0.5) is 17.1 Å². The van der Waals surface area contributed by atoms with E-state index in [1.54, 1.807) is 0 Å². The van der Waals surface area contributed by atoms with Gasteiger partial charge in [-0.15, -0.1) is 0 Å². The molecule has 36 heavy (non-hydrogen) atoms. The molecule has 5 aromatic carbocycles. The van der Waals surface area contributed by atoms with E-state index < -0.39 is 0 Å². The third-order valence-corrected chi connectivity index (χ3v) is 7.78. The van der Waals surface area contributed by atoms with Crippen LogP contribution in [0.3, 0.4) is 0 Å². The largest absolute Gasteiger partial charge is 0.456 e. The molecule has 1 aliphatic rings. The molecule has 0 radical (unpaired) electrons. The summed E-state index contributed by atoms with van der Waals surface area (Å²) in [5.74, 6) is 0. The van der Waals surface area contributed by atoms with Crippen LogP contribution >= 0.6 is 11.6 Å². The number of para-hydroxylation sites is 1. The SMILES string of the molecule is CC1(C)c2ccccc2-c2c(N(c3ccc(Cl)cc3)c3ccc4oc5ccccc5c4c3)cccc21. The Labute approximate surface area is 215 Å². The molecule has 0 spiro atoms. The molecule has 7 rings (SSSR count). The Hall–Kier alpha value is -4.01. The van der Waals surface area contributed by atoms with Crippen LogP contribution < -0.4 is 4.90 Å². The van der Waals surface area contributed by atoms with E-state index >= 15 is 0 Å². The third-order valence-electron chi connectivity index (χ3n) is 7.53. The minimum atomic E-state index is -0.0711. The van der Waals surface area contributed by atoms with Crippen LogP contribution in [0.2, 0.25) is 5.02 Å². The standard InChI is InChI=1S/C33H24ClNO/c1-33(2)27-10-5-3-9-25(27)32-28(33)11-7-12-29(32)35(22-16-14-21(34)15-17-22)23-18-19-31-26(20-23)24-8-4-6-13-30(24)36-31/h3-20H,1-2H3. The van der Waals surface area contributed by atoms with E-state index in [9.17, 15) is 0 Å². The molecule has 0 aliphatic heterocycles.